The summed E-state index contributed by atoms with van der Waals surface area (Å²) in [5.74, 6) is 0.203. The van der Waals surface area contributed by atoms with Crippen LogP contribution in [-0.4, -0.2) is 20.1 Å². The van der Waals surface area contributed by atoms with E-state index in [0.29, 0.717) is 5.69 Å². The first-order valence-electron chi connectivity index (χ1n) is 5.90. The number of aromatic hydroxyl groups is 1. The molecule has 0 saturated heterocycles. The van der Waals surface area contributed by atoms with Crippen molar-refractivity contribution in [1.29, 1.82) is 5.26 Å². The van der Waals surface area contributed by atoms with Crippen LogP contribution in [0.4, 0.5) is 0 Å². The fraction of sp³-hybridized carbons (Fsp3) is 0.308. The van der Waals surface area contributed by atoms with Gasteiger partial charge in [0.1, 0.15) is 11.8 Å². The standard InChI is InChI=1S/C13H14N4O/c1-2-3-4-13-12(9-14)15-16-17(13)10-5-7-11(18)8-6-10/h5-8,18H,2-4H2,1H3. The Labute approximate surface area is 105 Å². The van der Waals surface area contributed by atoms with Gasteiger partial charge >= 0.3 is 0 Å². The molecule has 1 aromatic heterocycles. The number of phenols is 1. The molecule has 0 amide bonds. The second-order valence-corrected chi connectivity index (χ2v) is 4.03. The molecule has 5 nitrogen and oxygen atoms in total. The zero-order valence-electron chi connectivity index (χ0n) is 10.2. The minimum Gasteiger partial charge on any atom is -0.508 e. The number of rotatable bonds is 4. The molecule has 0 aliphatic heterocycles. The summed E-state index contributed by atoms with van der Waals surface area (Å²) in [5.41, 5.74) is 1.99. The highest BCUT2D eigenvalue weighted by Gasteiger charge is 2.13. The number of hydrogen-bond donors (Lipinski definition) is 1. The van der Waals surface area contributed by atoms with Crippen molar-refractivity contribution in [3.8, 4) is 17.5 Å². The molecular formula is C13H14N4O. The monoisotopic (exact) mass is 242 g/mol. The number of nitrogens with zero attached hydrogens (tertiary/aromatic N) is 4. The predicted molar refractivity (Wildman–Crippen MR) is 66.4 cm³/mol. The van der Waals surface area contributed by atoms with Crippen LogP contribution in [-0.2, 0) is 6.42 Å². The molecule has 1 heterocycles. The topological polar surface area (TPSA) is 74.7 Å². The summed E-state index contributed by atoms with van der Waals surface area (Å²) >= 11 is 0. The highest BCUT2D eigenvalue weighted by molar-refractivity contribution is 5.39. The smallest absolute Gasteiger partial charge is 0.186 e. The Hall–Kier alpha value is -2.35. The molecule has 2 rings (SSSR count). The number of hydrogen-bond acceptors (Lipinski definition) is 4. The molecule has 18 heavy (non-hydrogen) atoms. The van der Waals surface area contributed by atoms with Crippen LogP contribution >= 0.6 is 0 Å². The van der Waals surface area contributed by atoms with Gasteiger partial charge < -0.3 is 5.11 Å². The zero-order valence-corrected chi connectivity index (χ0v) is 10.2. The maximum Gasteiger partial charge on any atom is 0.186 e. The van der Waals surface area contributed by atoms with Crippen molar-refractivity contribution >= 4 is 0 Å². The summed E-state index contributed by atoms with van der Waals surface area (Å²) in [5, 5.41) is 26.2. The fourth-order valence-electron chi connectivity index (χ4n) is 1.76. The molecule has 0 bridgehead atoms. The van der Waals surface area contributed by atoms with Gasteiger partial charge in [-0.1, -0.05) is 18.6 Å². The van der Waals surface area contributed by atoms with Gasteiger partial charge in [0.25, 0.3) is 0 Å². The lowest BCUT2D eigenvalue weighted by Gasteiger charge is -2.05. The second-order valence-electron chi connectivity index (χ2n) is 4.03. The van der Waals surface area contributed by atoms with Crippen LogP contribution in [0.1, 0.15) is 31.2 Å². The number of aromatic nitrogens is 3. The van der Waals surface area contributed by atoms with Crippen molar-refractivity contribution in [3.05, 3.63) is 35.7 Å². The molecule has 0 spiro atoms. The van der Waals surface area contributed by atoms with Crippen LogP contribution in [0.5, 0.6) is 5.75 Å². The molecule has 0 saturated carbocycles. The van der Waals surface area contributed by atoms with Crippen LogP contribution in [0.25, 0.3) is 5.69 Å². The quantitative estimate of drug-likeness (QED) is 0.891. The van der Waals surface area contributed by atoms with E-state index in [-0.39, 0.29) is 5.75 Å². The van der Waals surface area contributed by atoms with Crippen molar-refractivity contribution < 1.29 is 5.11 Å². The first kappa shape index (κ1) is 12.1. The Kier molecular flexibility index (Phi) is 3.58. The number of phenolic OH excluding ortho intramolecular Hbond substituents is 1. The Morgan fingerprint density at radius 1 is 1.33 bits per heavy atom. The Morgan fingerprint density at radius 3 is 2.67 bits per heavy atom. The van der Waals surface area contributed by atoms with Gasteiger partial charge in [-0.25, -0.2) is 4.68 Å². The minimum absolute atomic E-state index is 0.203. The molecule has 0 unspecified atom stereocenters. The highest BCUT2D eigenvalue weighted by atomic mass is 16.3. The van der Waals surface area contributed by atoms with E-state index in [1.165, 1.54) is 0 Å². The molecule has 0 aliphatic rings. The largest absolute Gasteiger partial charge is 0.508 e. The zero-order chi connectivity index (χ0) is 13.0. The van der Waals surface area contributed by atoms with Gasteiger partial charge in [0.2, 0.25) is 0 Å². The van der Waals surface area contributed by atoms with E-state index >= 15 is 0 Å². The molecule has 0 fully saturated rings. The maximum atomic E-state index is 9.27. The normalized spacial score (nSPS) is 10.2. The second kappa shape index (κ2) is 5.32. The first-order valence-corrected chi connectivity index (χ1v) is 5.90. The van der Waals surface area contributed by atoms with Crippen molar-refractivity contribution in [2.45, 2.75) is 26.2 Å². The molecule has 1 aromatic carbocycles. The Balaban J connectivity index is 2.41. The SMILES string of the molecule is CCCCc1c(C#N)nnn1-c1ccc(O)cc1. The van der Waals surface area contributed by atoms with Gasteiger partial charge in [0, 0.05) is 0 Å². The predicted octanol–water partition coefficient (Wildman–Crippen LogP) is 2.19. The summed E-state index contributed by atoms with van der Waals surface area (Å²) < 4.78 is 1.66. The van der Waals surface area contributed by atoms with E-state index < -0.39 is 0 Å². The third-order valence-electron chi connectivity index (χ3n) is 2.73. The summed E-state index contributed by atoms with van der Waals surface area (Å²) in [6.07, 6.45) is 2.80. The molecule has 5 heteroatoms. The van der Waals surface area contributed by atoms with Gasteiger partial charge in [-0.15, -0.1) is 5.10 Å². The van der Waals surface area contributed by atoms with E-state index in [9.17, 15) is 5.11 Å². The van der Waals surface area contributed by atoms with E-state index in [0.717, 1.165) is 30.6 Å². The third kappa shape index (κ3) is 2.33. The van der Waals surface area contributed by atoms with Crippen LogP contribution in [0.15, 0.2) is 24.3 Å². The lowest BCUT2D eigenvalue weighted by molar-refractivity contribution is 0.475. The van der Waals surface area contributed by atoms with Gasteiger partial charge in [-0.05, 0) is 37.1 Å². The van der Waals surface area contributed by atoms with Crippen LogP contribution in [0, 0.1) is 11.3 Å². The highest BCUT2D eigenvalue weighted by Crippen LogP contribution is 2.17. The fourth-order valence-corrected chi connectivity index (χ4v) is 1.76. The van der Waals surface area contributed by atoms with Crippen molar-refractivity contribution in [2.75, 3.05) is 0 Å². The van der Waals surface area contributed by atoms with Gasteiger partial charge in [0.15, 0.2) is 5.69 Å². The lowest BCUT2D eigenvalue weighted by atomic mass is 10.1. The van der Waals surface area contributed by atoms with Crippen molar-refractivity contribution in [3.63, 3.8) is 0 Å². The maximum absolute atomic E-state index is 9.27. The van der Waals surface area contributed by atoms with Crippen LogP contribution < -0.4 is 0 Å². The van der Waals surface area contributed by atoms with Crippen molar-refractivity contribution in [2.24, 2.45) is 0 Å². The summed E-state index contributed by atoms with van der Waals surface area (Å²) in [4.78, 5) is 0. The molecule has 0 atom stereocenters. The number of nitriles is 1. The Morgan fingerprint density at radius 2 is 2.06 bits per heavy atom. The lowest BCUT2D eigenvalue weighted by Crippen LogP contribution is -2.03. The van der Waals surface area contributed by atoms with Gasteiger partial charge in [-0.2, -0.15) is 5.26 Å². The van der Waals surface area contributed by atoms with Gasteiger partial charge in [-0.3, -0.25) is 0 Å². The first-order chi connectivity index (χ1) is 8.76. The van der Waals surface area contributed by atoms with E-state index in [1.54, 1.807) is 28.9 Å². The van der Waals surface area contributed by atoms with E-state index in [4.69, 9.17) is 5.26 Å². The average molecular weight is 242 g/mol. The molecular weight excluding hydrogens is 228 g/mol. The summed E-state index contributed by atoms with van der Waals surface area (Å²) in [7, 11) is 0. The van der Waals surface area contributed by atoms with E-state index in [2.05, 4.69) is 23.3 Å². The van der Waals surface area contributed by atoms with E-state index in [1.807, 2.05) is 0 Å². The number of unbranched alkanes of at least 4 members (excludes halogenated alkanes) is 1. The van der Waals surface area contributed by atoms with Gasteiger partial charge in [0.05, 0.1) is 11.4 Å². The van der Waals surface area contributed by atoms with Crippen LogP contribution in [0.3, 0.4) is 0 Å². The van der Waals surface area contributed by atoms with Crippen LogP contribution in [0.2, 0.25) is 0 Å². The average Bonchev–Trinajstić information content (AvgIpc) is 2.80. The number of benzene rings is 1. The molecule has 0 aliphatic carbocycles. The molecule has 2 aromatic rings. The summed E-state index contributed by atoms with van der Waals surface area (Å²) in [6.45, 7) is 2.10. The Bertz CT molecular complexity index is 566. The van der Waals surface area contributed by atoms with Crippen molar-refractivity contribution in [1.82, 2.24) is 15.0 Å². The molecule has 1 N–H and O–H groups in total. The summed E-state index contributed by atoms with van der Waals surface area (Å²) in [6, 6.07) is 8.74. The minimum atomic E-state index is 0.203. The third-order valence-corrected chi connectivity index (χ3v) is 2.73. The molecule has 0 radical (unpaired) electrons. The molecule has 92 valence electrons.